The number of carbonyl (C=O) groups is 1. The average Bonchev–Trinajstić information content (AvgIpc) is 2.65. The highest BCUT2D eigenvalue weighted by atomic mass is 127. The molecule has 2 aromatic carbocycles. The second kappa shape index (κ2) is 12.6. The first-order valence-electron chi connectivity index (χ1n) is 9.15. The molecule has 2 rings (SSSR count). The molecule has 28 heavy (non-hydrogen) atoms. The van der Waals surface area contributed by atoms with Crippen molar-refractivity contribution >= 4 is 53.1 Å². The van der Waals surface area contributed by atoms with Gasteiger partial charge in [-0.2, -0.15) is 0 Å². The molecule has 7 heteroatoms. The number of benzene rings is 2. The lowest BCUT2D eigenvalue weighted by Crippen LogP contribution is -2.38. The van der Waals surface area contributed by atoms with Gasteiger partial charge in [-0.3, -0.25) is 9.79 Å². The first-order valence-corrected chi connectivity index (χ1v) is 9.53. The predicted octanol–water partition coefficient (Wildman–Crippen LogP) is 4.91. The van der Waals surface area contributed by atoms with Crippen LogP contribution in [0.4, 0.5) is 5.69 Å². The van der Waals surface area contributed by atoms with Crippen LogP contribution in [0.1, 0.15) is 37.4 Å². The van der Waals surface area contributed by atoms with Crippen molar-refractivity contribution in [3.63, 3.8) is 0 Å². The fraction of sp³-hybridized carbons (Fsp3) is 0.333. The zero-order valence-electron chi connectivity index (χ0n) is 16.5. The van der Waals surface area contributed by atoms with Gasteiger partial charge in [-0.1, -0.05) is 48.0 Å². The third-order valence-electron chi connectivity index (χ3n) is 4.00. The summed E-state index contributed by atoms with van der Waals surface area (Å²) < 4.78 is 0. The monoisotopic (exact) mass is 514 g/mol. The Labute approximate surface area is 189 Å². The quantitative estimate of drug-likeness (QED) is 0.279. The highest BCUT2D eigenvalue weighted by Crippen LogP contribution is 2.22. The van der Waals surface area contributed by atoms with Crippen molar-refractivity contribution in [2.24, 2.45) is 4.99 Å². The number of rotatable bonds is 7. The first kappa shape index (κ1) is 24.2. The molecule has 0 saturated carbocycles. The van der Waals surface area contributed by atoms with Crippen LogP contribution >= 0.6 is 35.6 Å². The van der Waals surface area contributed by atoms with E-state index in [1.54, 1.807) is 0 Å². The SMILES string of the molecule is CCNC(=NCCC(=O)Nc1ccc(C)cc1Cl)NC(C)c1ccccc1.I. The maximum absolute atomic E-state index is 12.2. The Morgan fingerprint density at radius 3 is 2.54 bits per heavy atom. The molecule has 1 unspecified atom stereocenters. The number of guanidine groups is 1. The molecule has 1 atom stereocenters. The van der Waals surface area contributed by atoms with E-state index < -0.39 is 0 Å². The highest BCUT2D eigenvalue weighted by Gasteiger charge is 2.08. The fourth-order valence-corrected chi connectivity index (χ4v) is 2.84. The second-order valence-electron chi connectivity index (χ2n) is 6.32. The zero-order chi connectivity index (χ0) is 19.6. The lowest BCUT2D eigenvalue weighted by Gasteiger charge is -2.18. The molecule has 1 amide bonds. The molecule has 2 aromatic rings. The standard InChI is InChI=1S/C21H27ClN4O.HI/c1-4-23-21(25-16(3)17-8-6-5-7-9-17)24-13-12-20(27)26-19-11-10-15(2)14-18(19)22;/h5-11,14,16H,4,12-13H2,1-3H3,(H,26,27)(H2,23,24,25);1H. The minimum atomic E-state index is -0.114. The molecule has 152 valence electrons. The molecule has 0 aliphatic rings. The van der Waals surface area contributed by atoms with Gasteiger partial charge in [0, 0.05) is 13.0 Å². The summed E-state index contributed by atoms with van der Waals surface area (Å²) in [5.41, 5.74) is 2.85. The molecule has 0 bridgehead atoms. The summed E-state index contributed by atoms with van der Waals surface area (Å²) in [4.78, 5) is 16.7. The summed E-state index contributed by atoms with van der Waals surface area (Å²) >= 11 is 6.15. The molecule has 0 radical (unpaired) electrons. The van der Waals surface area contributed by atoms with Gasteiger partial charge in [-0.15, -0.1) is 24.0 Å². The maximum Gasteiger partial charge on any atom is 0.226 e. The van der Waals surface area contributed by atoms with Crippen LogP contribution in [-0.2, 0) is 4.79 Å². The van der Waals surface area contributed by atoms with Gasteiger partial charge in [0.2, 0.25) is 5.91 Å². The van der Waals surface area contributed by atoms with Crippen molar-refractivity contribution < 1.29 is 4.79 Å². The molecule has 0 heterocycles. The smallest absolute Gasteiger partial charge is 0.226 e. The van der Waals surface area contributed by atoms with E-state index in [0.29, 0.717) is 23.2 Å². The molecule has 0 aromatic heterocycles. The zero-order valence-corrected chi connectivity index (χ0v) is 19.5. The summed E-state index contributed by atoms with van der Waals surface area (Å²) in [7, 11) is 0. The molecule has 0 fully saturated rings. The van der Waals surface area contributed by atoms with E-state index in [4.69, 9.17) is 11.6 Å². The number of anilines is 1. The van der Waals surface area contributed by atoms with Gasteiger partial charge in [0.25, 0.3) is 0 Å². The Bertz CT molecular complexity index is 783. The minimum absolute atomic E-state index is 0. The third kappa shape index (κ3) is 8.06. The largest absolute Gasteiger partial charge is 0.357 e. The number of amides is 1. The Balaban J connectivity index is 0.00000392. The van der Waals surface area contributed by atoms with Crippen LogP contribution in [0.15, 0.2) is 53.5 Å². The van der Waals surface area contributed by atoms with Crippen molar-refractivity contribution in [1.29, 1.82) is 0 Å². The number of hydrogen-bond acceptors (Lipinski definition) is 2. The molecular formula is C21H28ClIN4O. The molecule has 5 nitrogen and oxygen atoms in total. The summed E-state index contributed by atoms with van der Waals surface area (Å²) in [6.45, 7) is 7.17. The number of aryl methyl sites for hydroxylation is 1. The van der Waals surface area contributed by atoms with Gasteiger partial charge in [-0.25, -0.2) is 0 Å². The molecule has 0 spiro atoms. The first-order chi connectivity index (χ1) is 13.0. The van der Waals surface area contributed by atoms with E-state index in [0.717, 1.165) is 12.1 Å². The van der Waals surface area contributed by atoms with Crippen molar-refractivity contribution in [2.45, 2.75) is 33.2 Å². The summed E-state index contributed by atoms with van der Waals surface area (Å²) in [6, 6.07) is 15.8. The number of aliphatic imine (C=N–C) groups is 1. The Kier molecular flexibility index (Phi) is 10.9. The van der Waals surface area contributed by atoms with Crippen LogP contribution in [0.5, 0.6) is 0 Å². The van der Waals surface area contributed by atoms with Crippen LogP contribution in [0, 0.1) is 6.92 Å². The third-order valence-corrected chi connectivity index (χ3v) is 4.32. The van der Waals surface area contributed by atoms with E-state index in [2.05, 4.69) is 40.0 Å². The second-order valence-corrected chi connectivity index (χ2v) is 6.73. The minimum Gasteiger partial charge on any atom is -0.357 e. The highest BCUT2D eigenvalue weighted by molar-refractivity contribution is 14.0. The summed E-state index contributed by atoms with van der Waals surface area (Å²) in [5.74, 6) is 0.575. The molecule has 0 aliphatic heterocycles. The Morgan fingerprint density at radius 2 is 1.89 bits per heavy atom. The van der Waals surface area contributed by atoms with Crippen LogP contribution in [-0.4, -0.2) is 25.0 Å². The van der Waals surface area contributed by atoms with E-state index in [-0.39, 0.29) is 42.3 Å². The van der Waals surface area contributed by atoms with Gasteiger partial charge in [0.1, 0.15) is 0 Å². The van der Waals surface area contributed by atoms with Gasteiger partial charge < -0.3 is 16.0 Å². The number of nitrogens with zero attached hydrogens (tertiary/aromatic N) is 1. The fourth-order valence-electron chi connectivity index (χ4n) is 2.55. The van der Waals surface area contributed by atoms with E-state index >= 15 is 0 Å². The van der Waals surface area contributed by atoms with Gasteiger partial charge in [0.15, 0.2) is 5.96 Å². The maximum atomic E-state index is 12.2. The summed E-state index contributed by atoms with van der Waals surface area (Å²) in [6.07, 6.45) is 0.278. The Hall–Kier alpha value is -1.80. The van der Waals surface area contributed by atoms with Crippen molar-refractivity contribution in [2.75, 3.05) is 18.4 Å². The molecule has 0 saturated heterocycles. The van der Waals surface area contributed by atoms with Gasteiger partial charge >= 0.3 is 0 Å². The Morgan fingerprint density at radius 1 is 1.18 bits per heavy atom. The summed E-state index contributed by atoms with van der Waals surface area (Å²) in [5, 5.41) is 9.94. The number of nitrogens with one attached hydrogen (secondary N) is 3. The van der Waals surface area contributed by atoms with Crippen LogP contribution in [0.3, 0.4) is 0 Å². The molecule has 3 N–H and O–H groups in total. The van der Waals surface area contributed by atoms with E-state index in [1.807, 2.05) is 50.2 Å². The van der Waals surface area contributed by atoms with Crippen LogP contribution < -0.4 is 16.0 Å². The number of carbonyl (C=O) groups excluding carboxylic acids is 1. The van der Waals surface area contributed by atoms with Crippen molar-refractivity contribution in [3.8, 4) is 0 Å². The van der Waals surface area contributed by atoms with Crippen molar-refractivity contribution in [1.82, 2.24) is 10.6 Å². The van der Waals surface area contributed by atoms with Crippen LogP contribution in [0.2, 0.25) is 5.02 Å². The van der Waals surface area contributed by atoms with E-state index in [1.165, 1.54) is 5.56 Å². The number of hydrogen-bond donors (Lipinski definition) is 3. The average molecular weight is 515 g/mol. The molecule has 0 aliphatic carbocycles. The molecular weight excluding hydrogens is 487 g/mol. The van der Waals surface area contributed by atoms with Crippen LogP contribution in [0.25, 0.3) is 0 Å². The normalized spacial score (nSPS) is 11.9. The van der Waals surface area contributed by atoms with E-state index in [9.17, 15) is 4.79 Å². The van der Waals surface area contributed by atoms with Crippen molar-refractivity contribution in [3.05, 3.63) is 64.7 Å². The number of halogens is 2. The lowest BCUT2D eigenvalue weighted by atomic mass is 10.1. The lowest BCUT2D eigenvalue weighted by molar-refractivity contribution is -0.116. The topological polar surface area (TPSA) is 65.5 Å². The predicted molar refractivity (Wildman–Crippen MR) is 129 cm³/mol. The van der Waals surface area contributed by atoms with Gasteiger partial charge in [0.05, 0.1) is 23.3 Å². The van der Waals surface area contributed by atoms with Gasteiger partial charge in [-0.05, 0) is 44.0 Å².